The zero-order valence-corrected chi connectivity index (χ0v) is 77.9. The van der Waals surface area contributed by atoms with E-state index in [0.29, 0.717) is 0 Å². The van der Waals surface area contributed by atoms with Crippen molar-refractivity contribution in [2.75, 3.05) is 0 Å². The summed E-state index contributed by atoms with van der Waals surface area (Å²) in [4.78, 5) is 43.0. The van der Waals surface area contributed by atoms with Gasteiger partial charge in [-0.3, -0.25) is 19.9 Å². The first kappa shape index (κ1) is 98.4. The zero-order valence-electron chi connectivity index (χ0n) is 77.9. The van der Waals surface area contributed by atoms with Gasteiger partial charge >= 0.3 is 0 Å². The lowest BCUT2D eigenvalue weighted by molar-refractivity contribution is 0.318. The van der Waals surface area contributed by atoms with Crippen molar-refractivity contribution in [3.8, 4) is 0 Å². The largest absolute Gasteiger partial charge is 0.448 e. The molecule has 0 fully saturated rings. The van der Waals surface area contributed by atoms with E-state index in [1.807, 2.05) is 41.6 Å². The van der Waals surface area contributed by atoms with E-state index in [1.165, 1.54) is 33.9 Å². The van der Waals surface area contributed by atoms with Crippen LogP contribution in [0, 0.1) is 0 Å². The van der Waals surface area contributed by atoms with E-state index in [4.69, 9.17) is 4.42 Å². The highest BCUT2D eigenvalue weighted by Gasteiger charge is 2.34. The molecular weight excluding hydrogens is 1320 g/mol. The highest BCUT2D eigenvalue weighted by atomic mass is 16.3. The fraction of sp³-hybridized carbons (Fsp3) is 0.696. The molecule has 0 saturated carbocycles. The van der Waals surface area contributed by atoms with Crippen molar-refractivity contribution < 1.29 is 4.42 Å². The smallest absolute Gasteiger partial charge is 0.181 e. The Balaban J connectivity index is 0.000000612. The molecule has 604 valence electrons. The summed E-state index contributed by atoms with van der Waals surface area (Å²) in [5.41, 5.74) is 12.5. The molecule has 15 heteroatoms. The number of hydrogen-bond donors (Lipinski definition) is 1. The summed E-state index contributed by atoms with van der Waals surface area (Å²) in [6.07, 6.45) is 20.2. The molecule has 1 N–H and O–H groups in total. The average molecular weight is 1480 g/mol. The molecule has 0 atom stereocenters. The molecule has 0 unspecified atom stereocenters. The van der Waals surface area contributed by atoms with Gasteiger partial charge in [-0.05, 0) is 96.4 Å². The van der Waals surface area contributed by atoms with Gasteiger partial charge in [-0.1, -0.05) is 282 Å². The maximum absolute atomic E-state index is 5.44. The molecule has 0 bridgehead atoms. The van der Waals surface area contributed by atoms with Crippen LogP contribution in [0.25, 0.3) is 0 Å². The van der Waals surface area contributed by atoms with Gasteiger partial charge in [0.15, 0.2) is 6.39 Å². The molecule has 0 aliphatic rings. The van der Waals surface area contributed by atoms with Gasteiger partial charge in [-0.25, -0.2) is 29.6 Å². The Hall–Kier alpha value is -6.64. The number of nitrogens with zero attached hydrogens (tertiary/aromatic N) is 13. The minimum absolute atomic E-state index is 0.0130. The van der Waals surface area contributed by atoms with Gasteiger partial charge < -0.3 is 18.5 Å². The predicted octanol–water partition coefficient (Wildman–Crippen LogP) is 24.9. The van der Waals surface area contributed by atoms with Crippen molar-refractivity contribution in [3.05, 3.63) is 167 Å². The average Bonchev–Trinajstić information content (AvgIpc) is 1.56. The lowest BCUT2D eigenvalue weighted by Crippen LogP contribution is -2.30. The van der Waals surface area contributed by atoms with Crippen LogP contribution >= 0.6 is 0 Å². The Labute approximate surface area is 656 Å². The summed E-state index contributed by atoms with van der Waals surface area (Å²) in [6, 6.07) is 8.42. The minimum atomic E-state index is 0.0130. The van der Waals surface area contributed by atoms with E-state index < -0.39 is 0 Å². The Kier molecular flexibility index (Phi) is 32.7. The fourth-order valence-electron chi connectivity index (χ4n) is 11.4. The molecule has 8 heterocycles. The molecular formula is C92H160N14O. The molecule has 8 rings (SSSR count). The van der Waals surface area contributed by atoms with Gasteiger partial charge in [0.2, 0.25) is 0 Å². The van der Waals surface area contributed by atoms with Gasteiger partial charge in [-0.2, -0.15) is 5.10 Å². The number of aromatic amines is 1. The Bertz CT molecular complexity index is 3150. The van der Waals surface area contributed by atoms with Gasteiger partial charge in [0.25, 0.3) is 0 Å². The van der Waals surface area contributed by atoms with Crippen LogP contribution in [0.1, 0.15) is 407 Å². The molecule has 0 radical (unpaired) electrons. The van der Waals surface area contributed by atoms with E-state index in [9.17, 15) is 0 Å². The topological polar surface area (TPSA) is 173 Å². The Morgan fingerprint density at radius 1 is 0.271 bits per heavy atom. The quantitative estimate of drug-likeness (QED) is 0.153. The molecule has 0 amide bonds. The number of aromatic nitrogens is 14. The summed E-state index contributed by atoms with van der Waals surface area (Å²) in [5, 5.41) is 4.26. The first-order valence-electron chi connectivity index (χ1n) is 39.0. The van der Waals surface area contributed by atoms with E-state index >= 15 is 0 Å². The molecule has 8 aromatic heterocycles. The summed E-state index contributed by atoms with van der Waals surface area (Å²) < 4.78 is 11.9. The normalized spacial score (nSPS) is 13.2. The Morgan fingerprint density at radius 3 is 0.822 bits per heavy atom. The molecule has 15 nitrogen and oxygen atoms in total. The monoisotopic (exact) mass is 1480 g/mol. The van der Waals surface area contributed by atoms with Gasteiger partial charge in [0.1, 0.15) is 29.6 Å². The molecule has 8 aromatic rings. The first-order valence-corrected chi connectivity index (χ1v) is 39.0. The van der Waals surface area contributed by atoms with Crippen molar-refractivity contribution >= 4 is 0 Å². The van der Waals surface area contributed by atoms with Crippen LogP contribution in [0.2, 0.25) is 0 Å². The number of H-pyrrole nitrogens is 1. The lowest BCUT2D eigenvalue weighted by Gasteiger charge is -2.28. The van der Waals surface area contributed by atoms with Crippen molar-refractivity contribution in [2.45, 2.75) is 419 Å². The number of nitrogens with one attached hydrogen (secondary N) is 1. The third-order valence-electron chi connectivity index (χ3n) is 16.8. The maximum Gasteiger partial charge on any atom is 0.181 e. The first-order chi connectivity index (χ1) is 47.3. The van der Waals surface area contributed by atoms with Crippen LogP contribution in [0.4, 0.5) is 0 Å². The fourth-order valence-corrected chi connectivity index (χ4v) is 11.4. The van der Waals surface area contributed by atoms with Gasteiger partial charge in [0.05, 0.1) is 34.6 Å². The zero-order chi connectivity index (χ0) is 84.3. The van der Waals surface area contributed by atoms with Crippen molar-refractivity contribution in [1.82, 2.24) is 68.8 Å². The van der Waals surface area contributed by atoms with E-state index in [1.54, 1.807) is 31.4 Å². The van der Waals surface area contributed by atoms with Crippen LogP contribution in [-0.2, 0) is 87.0 Å². The molecule has 0 aliphatic carbocycles. The van der Waals surface area contributed by atoms with Crippen molar-refractivity contribution in [1.29, 1.82) is 0 Å². The number of oxazole rings is 1. The number of hydrogen-bond acceptors (Lipinski definition) is 11. The van der Waals surface area contributed by atoms with Crippen LogP contribution in [0.15, 0.2) is 97.3 Å². The second kappa shape index (κ2) is 35.6. The summed E-state index contributed by atoms with van der Waals surface area (Å²) in [5.74, 6) is 4.35. The lowest BCUT2D eigenvalue weighted by atomic mass is 9.78. The van der Waals surface area contributed by atoms with Crippen LogP contribution < -0.4 is 0 Å². The van der Waals surface area contributed by atoms with E-state index in [0.717, 1.165) is 40.3 Å². The van der Waals surface area contributed by atoms with Crippen molar-refractivity contribution in [3.63, 3.8) is 0 Å². The van der Waals surface area contributed by atoms with E-state index in [2.05, 4.69) is 421 Å². The number of rotatable bonds is 0. The summed E-state index contributed by atoms with van der Waals surface area (Å²) >= 11 is 0. The number of imidazole rings is 3. The number of pyridine rings is 2. The third kappa shape index (κ3) is 31.7. The minimum Gasteiger partial charge on any atom is -0.448 e. The Morgan fingerprint density at radius 2 is 0.598 bits per heavy atom. The van der Waals surface area contributed by atoms with Crippen LogP contribution in [0.5, 0.6) is 0 Å². The summed E-state index contributed by atoms with van der Waals surface area (Å²) in [7, 11) is 0. The second-order valence-electron chi connectivity index (χ2n) is 45.2. The highest BCUT2D eigenvalue weighted by molar-refractivity contribution is 5.33. The maximum atomic E-state index is 5.44. The van der Waals surface area contributed by atoms with E-state index in [-0.39, 0.29) is 87.0 Å². The van der Waals surface area contributed by atoms with Gasteiger partial charge in [-0.15, -0.1) is 0 Å². The summed E-state index contributed by atoms with van der Waals surface area (Å²) in [6.45, 7) is 105. The van der Waals surface area contributed by atoms with Crippen LogP contribution in [0.3, 0.4) is 0 Å². The molecule has 0 aliphatic heterocycles. The van der Waals surface area contributed by atoms with Crippen molar-refractivity contribution in [2.24, 2.45) is 0 Å². The second-order valence-corrected chi connectivity index (χ2v) is 45.2. The molecule has 0 aromatic carbocycles. The predicted molar refractivity (Wildman–Crippen MR) is 458 cm³/mol. The SMILES string of the molecule is CC(C)(C)c1cccnc1C(C)(C)C.CC(C)(C)c1cccnc1C(C)(C)C.CC(C)(C)c1nc[nH]c1C(C)(C)C.CC(C)(C)c1nccn1C(C)(C)C.CC(C)(C)c1nccn1C(C)(C)C.CC(C)(C)c1nccnc1C(C)(C)C.CC(C)(C)c1ncnn1C(C)(C)C.CC(C)(C)c1ncoc1C(C)(C)C. The molecule has 107 heavy (non-hydrogen) atoms. The highest BCUT2D eigenvalue weighted by Crippen LogP contribution is 2.37. The third-order valence-corrected chi connectivity index (χ3v) is 16.8. The van der Waals surface area contributed by atoms with Crippen LogP contribution in [-0.4, -0.2) is 68.8 Å². The van der Waals surface area contributed by atoms with Gasteiger partial charge in [0, 0.05) is 137 Å². The molecule has 0 spiro atoms. The standard InChI is InChI=1S/2C13H21N.C12H20N2.3C11H20N2.C11H19NO.C10H19N3/c2*1-12(2,3)10-8-7-9-14-11(10)13(4,5)6;1-11(2,3)9-10(12(4,5)6)14-8-7-13-9;1-10(2,3)8-9(11(4,5)6)13-7-12-8;2*1-10(2,3)9-12-7-8-13(9)11(4,5)6;1-10(2,3)8-9(11(4,5)6)13-7-12-8;1-9(2,3)8-11-7-12-13(8)10(4,5)6/h2*7-9H,1-6H3;7-8H,1-6H3;7H,1-6H3,(H,12,13);2*7-8H,1-6H3;2*7H,1-6H3. The molecule has 0 saturated heterocycles.